The number of nitrogens with two attached hydrogens (primary N) is 1. The Labute approximate surface area is 179 Å². The number of halogens is 3. The van der Waals surface area contributed by atoms with Gasteiger partial charge in [-0.2, -0.15) is 0 Å². The highest BCUT2D eigenvalue weighted by Gasteiger charge is 2.24. The lowest BCUT2D eigenvalue weighted by atomic mass is 10.0. The van der Waals surface area contributed by atoms with Crippen molar-refractivity contribution in [1.29, 1.82) is 0 Å². The van der Waals surface area contributed by atoms with Crippen molar-refractivity contribution in [2.45, 2.75) is 18.9 Å². The number of hydrogen-bond donors (Lipinski definition) is 1. The second-order valence-corrected chi connectivity index (χ2v) is 8.02. The maximum atomic E-state index is 13.1. The molecular weight excluding hydrogens is 425 g/mol. The van der Waals surface area contributed by atoms with Gasteiger partial charge in [0.15, 0.2) is 0 Å². The summed E-state index contributed by atoms with van der Waals surface area (Å²) in [7, 11) is 0. The largest absolute Gasteiger partial charge is 0.339 e. The first-order chi connectivity index (χ1) is 12.1. The molecule has 27 heavy (non-hydrogen) atoms. The molecule has 4 rings (SSSR count). The van der Waals surface area contributed by atoms with Crippen LogP contribution in [0.2, 0.25) is 4.34 Å². The van der Waals surface area contributed by atoms with Crippen LogP contribution in [0, 0.1) is 0 Å². The zero-order valence-corrected chi connectivity index (χ0v) is 17.6. The molecule has 1 fully saturated rings. The standard InChI is InChI=1S/C19H18ClN3OS.2ClH/c20-18-6-5-17(25-18)16-11-14(13-3-1-2-4-15(13)22-16)19(24)23-9-7-12(21)8-10-23;;/h1-6,11-12H,7-10,21H2;2*1H. The first-order valence-corrected chi connectivity index (χ1v) is 9.51. The zero-order chi connectivity index (χ0) is 17.4. The van der Waals surface area contributed by atoms with Gasteiger partial charge in [0.05, 0.1) is 26.0 Å². The fraction of sp³-hybridized carbons (Fsp3) is 0.263. The van der Waals surface area contributed by atoms with Crippen LogP contribution in [-0.4, -0.2) is 34.9 Å². The summed E-state index contributed by atoms with van der Waals surface area (Å²) in [5.74, 6) is 0.0504. The number of fused-ring (bicyclic) bond motifs is 1. The van der Waals surface area contributed by atoms with Crippen molar-refractivity contribution in [1.82, 2.24) is 9.88 Å². The highest BCUT2D eigenvalue weighted by Crippen LogP contribution is 2.32. The Hall–Kier alpha value is -1.37. The molecule has 2 N–H and O–H groups in total. The number of nitrogens with zero attached hydrogens (tertiary/aromatic N) is 2. The van der Waals surface area contributed by atoms with E-state index in [2.05, 4.69) is 0 Å². The fourth-order valence-corrected chi connectivity index (χ4v) is 4.21. The number of benzene rings is 1. The maximum absolute atomic E-state index is 13.1. The minimum atomic E-state index is 0. The lowest BCUT2D eigenvalue weighted by Gasteiger charge is -2.30. The molecule has 1 aliphatic heterocycles. The lowest BCUT2D eigenvalue weighted by Crippen LogP contribution is -2.42. The number of amides is 1. The second-order valence-electron chi connectivity index (χ2n) is 6.31. The first-order valence-electron chi connectivity index (χ1n) is 8.32. The molecule has 8 heteroatoms. The fourth-order valence-electron chi connectivity index (χ4n) is 3.20. The summed E-state index contributed by atoms with van der Waals surface area (Å²) in [5.41, 5.74) is 8.27. The van der Waals surface area contributed by atoms with Crippen LogP contribution in [0.5, 0.6) is 0 Å². The van der Waals surface area contributed by atoms with E-state index >= 15 is 0 Å². The predicted octanol–water partition coefficient (Wildman–Crippen LogP) is 5.02. The van der Waals surface area contributed by atoms with Gasteiger partial charge in [-0.1, -0.05) is 29.8 Å². The van der Waals surface area contributed by atoms with Gasteiger partial charge < -0.3 is 10.6 Å². The van der Waals surface area contributed by atoms with Gasteiger partial charge in [0.1, 0.15) is 0 Å². The molecule has 3 heterocycles. The summed E-state index contributed by atoms with van der Waals surface area (Å²) >= 11 is 7.54. The van der Waals surface area contributed by atoms with E-state index in [1.165, 1.54) is 11.3 Å². The third kappa shape index (κ3) is 4.55. The molecule has 144 valence electrons. The number of piperidine rings is 1. The van der Waals surface area contributed by atoms with Crippen LogP contribution in [0.3, 0.4) is 0 Å². The Balaban J connectivity index is 0.00000131. The number of pyridine rings is 1. The number of rotatable bonds is 2. The Bertz CT molecular complexity index is 939. The molecule has 0 spiro atoms. The van der Waals surface area contributed by atoms with E-state index in [0.717, 1.165) is 34.3 Å². The van der Waals surface area contributed by atoms with Crippen LogP contribution in [0.15, 0.2) is 42.5 Å². The number of aromatic nitrogens is 1. The van der Waals surface area contributed by atoms with E-state index in [4.69, 9.17) is 22.3 Å². The van der Waals surface area contributed by atoms with Crippen molar-refractivity contribution < 1.29 is 4.79 Å². The van der Waals surface area contributed by atoms with Crippen molar-refractivity contribution in [2.24, 2.45) is 5.73 Å². The van der Waals surface area contributed by atoms with Crippen molar-refractivity contribution >= 4 is 64.6 Å². The summed E-state index contributed by atoms with van der Waals surface area (Å²) in [6.45, 7) is 1.41. The molecule has 3 aromatic rings. The van der Waals surface area contributed by atoms with Gasteiger partial charge in [-0.05, 0) is 37.1 Å². The van der Waals surface area contributed by atoms with Crippen molar-refractivity contribution in [3.63, 3.8) is 0 Å². The second kappa shape index (κ2) is 9.22. The Kier molecular flexibility index (Phi) is 7.48. The van der Waals surface area contributed by atoms with E-state index in [9.17, 15) is 4.79 Å². The molecule has 1 aromatic carbocycles. The van der Waals surface area contributed by atoms with Crippen LogP contribution in [-0.2, 0) is 0 Å². The van der Waals surface area contributed by atoms with Crippen molar-refractivity contribution in [3.05, 3.63) is 52.4 Å². The monoisotopic (exact) mass is 443 g/mol. The minimum absolute atomic E-state index is 0. The van der Waals surface area contributed by atoms with Crippen LogP contribution in [0.25, 0.3) is 21.5 Å². The molecule has 0 radical (unpaired) electrons. The molecule has 0 unspecified atom stereocenters. The Morgan fingerprint density at radius 1 is 1.15 bits per heavy atom. The Morgan fingerprint density at radius 2 is 1.85 bits per heavy atom. The van der Waals surface area contributed by atoms with Crippen molar-refractivity contribution in [2.75, 3.05) is 13.1 Å². The zero-order valence-electron chi connectivity index (χ0n) is 14.4. The highest BCUT2D eigenvalue weighted by molar-refractivity contribution is 7.19. The average Bonchev–Trinajstić information content (AvgIpc) is 3.07. The van der Waals surface area contributed by atoms with E-state index in [1.807, 2.05) is 47.4 Å². The smallest absolute Gasteiger partial charge is 0.254 e. The van der Waals surface area contributed by atoms with E-state index < -0.39 is 0 Å². The maximum Gasteiger partial charge on any atom is 0.254 e. The molecule has 0 aliphatic carbocycles. The van der Waals surface area contributed by atoms with Crippen LogP contribution < -0.4 is 5.73 Å². The molecule has 1 saturated heterocycles. The third-order valence-corrected chi connectivity index (χ3v) is 5.85. The van der Waals surface area contributed by atoms with Gasteiger partial charge >= 0.3 is 0 Å². The van der Waals surface area contributed by atoms with Gasteiger partial charge in [0, 0.05) is 24.5 Å². The summed E-state index contributed by atoms with van der Waals surface area (Å²) in [5, 5.41) is 0.883. The summed E-state index contributed by atoms with van der Waals surface area (Å²) in [6, 6.07) is 13.7. The molecular formula is C19H20Cl3N3OS. The lowest BCUT2D eigenvalue weighted by molar-refractivity contribution is 0.0716. The number of carbonyl (C=O) groups excluding carboxylic acids is 1. The summed E-state index contributed by atoms with van der Waals surface area (Å²) in [4.78, 5) is 20.7. The van der Waals surface area contributed by atoms with E-state index in [0.29, 0.717) is 23.0 Å². The topological polar surface area (TPSA) is 59.2 Å². The number of likely N-dealkylation sites (tertiary alicyclic amines) is 1. The molecule has 2 aromatic heterocycles. The van der Waals surface area contributed by atoms with Gasteiger partial charge in [-0.3, -0.25) is 4.79 Å². The van der Waals surface area contributed by atoms with Gasteiger partial charge in [-0.25, -0.2) is 4.98 Å². The predicted molar refractivity (Wildman–Crippen MR) is 118 cm³/mol. The average molecular weight is 445 g/mol. The van der Waals surface area contributed by atoms with Crippen LogP contribution in [0.1, 0.15) is 23.2 Å². The number of hydrogen-bond acceptors (Lipinski definition) is 4. The molecule has 0 atom stereocenters. The molecule has 4 nitrogen and oxygen atoms in total. The van der Waals surface area contributed by atoms with E-state index in [-0.39, 0.29) is 36.8 Å². The Morgan fingerprint density at radius 3 is 2.52 bits per heavy atom. The number of para-hydroxylation sites is 1. The summed E-state index contributed by atoms with van der Waals surface area (Å²) in [6.07, 6.45) is 1.70. The molecule has 0 bridgehead atoms. The van der Waals surface area contributed by atoms with E-state index in [1.54, 1.807) is 0 Å². The van der Waals surface area contributed by atoms with Gasteiger partial charge in [-0.15, -0.1) is 36.2 Å². The number of carbonyl (C=O) groups is 1. The normalized spacial score (nSPS) is 14.5. The van der Waals surface area contributed by atoms with Gasteiger partial charge in [0.25, 0.3) is 5.91 Å². The van der Waals surface area contributed by atoms with Crippen molar-refractivity contribution in [3.8, 4) is 10.6 Å². The summed E-state index contributed by atoms with van der Waals surface area (Å²) < 4.78 is 0.711. The third-order valence-electron chi connectivity index (χ3n) is 4.60. The first kappa shape index (κ1) is 21.9. The van der Waals surface area contributed by atoms with Crippen LogP contribution >= 0.6 is 47.8 Å². The molecule has 0 saturated carbocycles. The highest BCUT2D eigenvalue weighted by atomic mass is 35.5. The quantitative estimate of drug-likeness (QED) is 0.603. The van der Waals surface area contributed by atoms with Crippen LogP contribution in [0.4, 0.5) is 0 Å². The van der Waals surface area contributed by atoms with Gasteiger partial charge in [0.2, 0.25) is 0 Å². The molecule has 1 aliphatic rings. The number of thiophene rings is 1. The molecule has 1 amide bonds. The SMILES string of the molecule is Cl.Cl.NC1CCN(C(=O)c2cc(-c3ccc(Cl)s3)nc3ccccc23)CC1. The minimum Gasteiger partial charge on any atom is -0.339 e.